The normalized spacial score (nSPS) is 12.5. The molecule has 0 aromatic heterocycles. The molecular formula is C18H28N2O5. The van der Waals surface area contributed by atoms with Crippen LogP contribution in [0.15, 0.2) is 35.7 Å². The van der Waals surface area contributed by atoms with Crippen LogP contribution >= 0.6 is 0 Å². The highest BCUT2D eigenvalue weighted by Gasteiger charge is 2.09. The lowest BCUT2D eigenvalue weighted by Gasteiger charge is -1.97. The Kier molecular flexibility index (Phi) is 13.8. The van der Waals surface area contributed by atoms with Crippen LogP contribution in [-0.2, 0) is 4.79 Å². The Morgan fingerprint density at radius 1 is 0.800 bits per heavy atom. The van der Waals surface area contributed by atoms with Gasteiger partial charge in [0.2, 0.25) is 11.4 Å². The number of rotatable bonds is 15. The summed E-state index contributed by atoms with van der Waals surface area (Å²) in [6.07, 6.45) is 13.7. The molecule has 0 radical (unpaired) electrons. The maximum absolute atomic E-state index is 11.0. The van der Waals surface area contributed by atoms with Gasteiger partial charge >= 0.3 is 0 Å². The molecule has 0 aromatic rings. The molecule has 0 amide bonds. The molecule has 25 heavy (non-hydrogen) atoms. The SMILES string of the molecule is CCCCC/C=C(\C/C=C\C/C(=C\CCCCC=O)[N+](=O)[O-])[N+](=O)[O-]. The summed E-state index contributed by atoms with van der Waals surface area (Å²) in [4.78, 5) is 31.3. The molecule has 0 aromatic carbocycles. The van der Waals surface area contributed by atoms with Gasteiger partial charge in [-0.25, -0.2) is 0 Å². The number of allylic oxidation sites excluding steroid dienone is 4. The lowest BCUT2D eigenvalue weighted by molar-refractivity contribution is -0.427. The van der Waals surface area contributed by atoms with Crippen molar-refractivity contribution in [1.82, 2.24) is 0 Å². The second kappa shape index (κ2) is 15.2. The van der Waals surface area contributed by atoms with E-state index >= 15 is 0 Å². The van der Waals surface area contributed by atoms with Gasteiger partial charge in [0, 0.05) is 6.42 Å². The number of nitrogens with zero attached hydrogens (tertiary/aromatic N) is 2. The second-order valence-electron chi connectivity index (χ2n) is 5.73. The van der Waals surface area contributed by atoms with Crippen LogP contribution in [0.4, 0.5) is 0 Å². The first-order valence-corrected chi connectivity index (χ1v) is 8.78. The molecule has 0 spiro atoms. The maximum atomic E-state index is 11.0. The minimum Gasteiger partial charge on any atom is -0.303 e. The summed E-state index contributed by atoms with van der Waals surface area (Å²) in [7, 11) is 0. The van der Waals surface area contributed by atoms with Crippen LogP contribution in [0, 0.1) is 20.2 Å². The van der Waals surface area contributed by atoms with Crippen molar-refractivity contribution in [2.24, 2.45) is 0 Å². The fourth-order valence-corrected chi connectivity index (χ4v) is 2.18. The van der Waals surface area contributed by atoms with Crippen LogP contribution in [0.25, 0.3) is 0 Å². The first-order valence-electron chi connectivity index (χ1n) is 8.78. The summed E-state index contributed by atoms with van der Waals surface area (Å²) >= 11 is 0. The average Bonchev–Trinajstić information content (AvgIpc) is 2.57. The predicted octanol–water partition coefficient (Wildman–Crippen LogP) is 4.98. The van der Waals surface area contributed by atoms with E-state index in [4.69, 9.17) is 0 Å². The zero-order valence-corrected chi connectivity index (χ0v) is 14.9. The number of nitro groups is 2. The van der Waals surface area contributed by atoms with Crippen LogP contribution in [0.1, 0.15) is 71.1 Å². The highest BCUT2D eigenvalue weighted by atomic mass is 16.6. The van der Waals surface area contributed by atoms with Gasteiger partial charge in [0.15, 0.2) is 0 Å². The van der Waals surface area contributed by atoms with Crippen LogP contribution in [0.5, 0.6) is 0 Å². The van der Waals surface area contributed by atoms with E-state index in [1.54, 1.807) is 24.3 Å². The van der Waals surface area contributed by atoms with Crippen molar-refractivity contribution in [3.05, 3.63) is 55.9 Å². The van der Waals surface area contributed by atoms with E-state index in [0.29, 0.717) is 19.3 Å². The molecule has 0 bridgehead atoms. The number of hydrogen-bond acceptors (Lipinski definition) is 5. The zero-order valence-electron chi connectivity index (χ0n) is 14.9. The van der Waals surface area contributed by atoms with Crippen LogP contribution in [-0.4, -0.2) is 16.1 Å². The maximum Gasteiger partial charge on any atom is 0.246 e. The number of aldehydes is 1. The summed E-state index contributed by atoms with van der Waals surface area (Å²) in [6.45, 7) is 2.07. The highest BCUT2D eigenvalue weighted by molar-refractivity contribution is 5.48. The van der Waals surface area contributed by atoms with E-state index in [1.165, 1.54) is 0 Å². The van der Waals surface area contributed by atoms with Crippen LogP contribution in [0.2, 0.25) is 0 Å². The fourth-order valence-electron chi connectivity index (χ4n) is 2.18. The molecule has 0 saturated carbocycles. The molecule has 0 aliphatic carbocycles. The molecule has 0 N–H and O–H groups in total. The molecule has 140 valence electrons. The minimum atomic E-state index is -0.431. The summed E-state index contributed by atoms with van der Waals surface area (Å²) in [5.41, 5.74) is 0.213. The van der Waals surface area contributed by atoms with Crippen molar-refractivity contribution in [3.63, 3.8) is 0 Å². The molecule has 0 atom stereocenters. The summed E-state index contributed by atoms with van der Waals surface area (Å²) < 4.78 is 0. The highest BCUT2D eigenvalue weighted by Crippen LogP contribution is 2.11. The molecule has 0 fully saturated rings. The lowest BCUT2D eigenvalue weighted by Crippen LogP contribution is -1.99. The van der Waals surface area contributed by atoms with Gasteiger partial charge in [0.25, 0.3) is 0 Å². The van der Waals surface area contributed by atoms with E-state index in [0.717, 1.165) is 38.4 Å². The van der Waals surface area contributed by atoms with Crippen molar-refractivity contribution >= 4 is 6.29 Å². The van der Waals surface area contributed by atoms with Gasteiger partial charge in [-0.15, -0.1) is 0 Å². The number of carbonyl (C=O) groups excluding carboxylic acids is 1. The van der Waals surface area contributed by atoms with E-state index in [-0.39, 0.29) is 24.2 Å². The standard InChI is InChI=1S/C18H28N2O5/c1-2-3-4-7-12-17(19(22)23)14-9-10-15-18(20(24)25)13-8-5-6-11-16-21/h9-10,12-13,16H,2-8,11,14-15H2,1H3/b10-9-,17-12+,18-13+. The molecule has 0 unspecified atom stereocenters. The zero-order chi connectivity index (χ0) is 18.9. The molecular weight excluding hydrogens is 324 g/mol. The Bertz CT molecular complexity index is 510. The third kappa shape index (κ3) is 12.7. The van der Waals surface area contributed by atoms with Gasteiger partial charge in [-0.05, 0) is 44.3 Å². The lowest BCUT2D eigenvalue weighted by atomic mass is 10.1. The Morgan fingerprint density at radius 2 is 1.24 bits per heavy atom. The number of unbranched alkanes of at least 4 members (excludes halogenated alkanes) is 6. The van der Waals surface area contributed by atoms with Gasteiger partial charge in [-0.1, -0.05) is 31.9 Å². The monoisotopic (exact) mass is 352 g/mol. The van der Waals surface area contributed by atoms with Gasteiger partial charge in [-0.2, -0.15) is 0 Å². The molecule has 7 nitrogen and oxygen atoms in total. The van der Waals surface area contributed by atoms with Crippen molar-refractivity contribution in [2.45, 2.75) is 71.1 Å². The molecule has 0 aliphatic heterocycles. The Hall–Kier alpha value is -2.31. The van der Waals surface area contributed by atoms with E-state index < -0.39 is 9.85 Å². The van der Waals surface area contributed by atoms with E-state index in [9.17, 15) is 25.0 Å². The Balaban J connectivity index is 4.45. The van der Waals surface area contributed by atoms with Crippen molar-refractivity contribution in [1.29, 1.82) is 0 Å². The van der Waals surface area contributed by atoms with Gasteiger partial charge in [0.05, 0.1) is 22.7 Å². The van der Waals surface area contributed by atoms with Crippen molar-refractivity contribution in [3.8, 4) is 0 Å². The smallest absolute Gasteiger partial charge is 0.246 e. The summed E-state index contributed by atoms with van der Waals surface area (Å²) in [5, 5.41) is 22.0. The molecule has 0 heterocycles. The first kappa shape index (κ1) is 22.7. The number of carbonyl (C=O) groups is 1. The molecule has 0 rings (SSSR count). The topological polar surface area (TPSA) is 103 Å². The van der Waals surface area contributed by atoms with Crippen LogP contribution < -0.4 is 0 Å². The van der Waals surface area contributed by atoms with E-state index in [1.807, 2.05) is 0 Å². The van der Waals surface area contributed by atoms with Crippen LogP contribution in [0.3, 0.4) is 0 Å². The number of hydrogen-bond donors (Lipinski definition) is 0. The Morgan fingerprint density at radius 3 is 1.64 bits per heavy atom. The fraction of sp³-hybridized carbons (Fsp3) is 0.611. The third-order valence-electron chi connectivity index (χ3n) is 3.63. The molecule has 0 saturated heterocycles. The average molecular weight is 352 g/mol. The largest absolute Gasteiger partial charge is 0.303 e. The van der Waals surface area contributed by atoms with E-state index in [2.05, 4.69) is 6.92 Å². The van der Waals surface area contributed by atoms with Gasteiger partial charge < -0.3 is 4.79 Å². The summed E-state index contributed by atoms with van der Waals surface area (Å²) in [6, 6.07) is 0. The minimum absolute atomic E-state index is 0.0805. The van der Waals surface area contributed by atoms with Crippen molar-refractivity contribution in [2.75, 3.05) is 0 Å². The quantitative estimate of drug-likeness (QED) is 0.136. The van der Waals surface area contributed by atoms with Gasteiger partial charge in [0.1, 0.15) is 6.29 Å². The van der Waals surface area contributed by atoms with Crippen molar-refractivity contribution < 1.29 is 14.6 Å². The molecule has 7 heteroatoms. The Labute approximate surface area is 148 Å². The van der Waals surface area contributed by atoms with Gasteiger partial charge in [-0.3, -0.25) is 20.2 Å². The first-order chi connectivity index (χ1) is 12.0. The predicted molar refractivity (Wildman–Crippen MR) is 97.2 cm³/mol. The molecule has 0 aliphatic rings. The summed E-state index contributed by atoms with van der Waals surface area (Å²) in [5.74, 6) is 0. The second-order valence-corrected chi connectivity index (χ2v) is 5.73. The third-order valence-corrected chi connectivity index (χ3v) is 3.63.